The second-order valence-corrected chi connectivity index (χ2v) is 26.5. The number of allylic oxidation sites excluding steroid dienone is 9. The summed E-state index contributed by atoms with van der Waals surface area (Å²) in [5, 5.41) is 3.07. The number of nitrogens with one attached hydrogen (secondary N) is 1. The molecule has 3 unspecified atom stereocenters. The number of likely N-dealkylation sites (N-methyl/N-ethyl adjacent to an activating group) is 1. The molecule has 0 aliphatic heterocycles. The minimum absolute atomic E-state index is 0.0399. The maximum atomic E-state index is 13.6. The molecule has 0 radical (unpaired) electrons. The second kappa shape index (κ2) is 61.8. The molecule has 480 valence electrons. The van der Waals surface area contributed by atoms with Gasteiger partial charge in [0, 0.05) is 12.8 Å². The zero-order valence-corrected chi connectivity index (χ0v) is 55.9. The molecule has 10 heteroatoms. The van der Waals surface area contributed by atoms with Gasteiger partial charge in [-0.1, -0.05) is 307 Å². The van der Waals surface area contributed by atoms with Gasteiger partial charge in [0.15, 0.2) is 0 Å². The van der Waals surface area contributed by atoms with E-state index in [1.165, 1.54) is 218 Å². The third kappa shape index (κ3) is 62.2. The SMILES string of the molecule is CCCCC/C=C\C/C=C\C/C=C\C/C=C\CCCCCCCCCCCC(=O)OC(/C=C/CCCCCCCCCCCC)C(COP(=O)(O)OCC[N+](C)(C)C)NC(=O)CCCCCCCCCCCCCCCCCCCCC. The quantitative estimate of drug-likeness (QED) is 0.0205. The predicted molar refractivity (Wildman–Crippen MR) is 355 cm³/mol. The van der Waals surface area contributed by atoms with E-state index in [0.717, 1.165) is 83.5 Å². The Morgan fingerprint density at radius 3 is 1.13 bits per heavy atom. The normalized spacial score (nSPS) is 13.9. The molecule has 0 heterocycles. The lowest BCUT2D eigenvalue weighted by Gasteiger charge is -2.27. The van der Waals surface area contributed by atoms with Crippen molar-refractivity contribution in [3.05, 3.63) is 60.8 Å². The summed E-state index contributed by atoms with van der Waals surface area (Å²) in [5.74, 6) is -0.498. The van der Waals surface area contributed by atoms with E-state index in [0.29, 0.717) is 17.4 Å². The monoisotopic (exact) mass is 1170 g/mol. The van der Waals surface area contributed by atoms with Gasteiger partial charge >= 0.3 is 13.8 Å². The molecule has 9 nitrogen and oxygen atoms in total. The topological polar surface area (TPSA) is 111 Å². The fourth-order valence-electron chi connectivity index (χ4n) is 10.3. The first-order chi connectivity index (χ1) is 39.9. The van der Waals surface area contributed by atoms with Crippen LogP contribution in [0.4, 0.5) is 0 Å². The van der Waals surface area contributed by atoms with Gasteiger partial charge < -0.3 is 19.4 Å². The van der Waals surface area contributed by atoms with Gasteiger partial charge in [0.25, 0.3) is 0 Å². The summed E-state index contributed by atoms with van der Waals surface area (Å²) in [6.07, 6.45) is 79.4. The first-order valence-corrected chi connectivity index (χ1v) is 36.6. The molecule has 0 aromatic rings. The predicted octanol–water partition coefficient (Wildman–Crippen LogP) is 22.2. The van der Waals surface area contributed by atoms with Crippen LogP contribution in [0.2, 0.25) is 0 Å². The molecule has 2 N–H and O–H groups in total. The van der Waals surface area contributed by atoms with Gasteiger partial charge in [-0.05, 0) is 76.7 Å². The smallest absolute Gasteiger partial charge is 0.456 e. The van der Waals surface area contributed by atoms with E-state index < -0.39 is 20.0 Å². The Labute approximate surface area is 509 Å². The Hall–Kier alpha value is -2.29. The zero-order valence-electron chi connectivity index (χ0n) is 55.0. The number of nitrogens with zero attached hydrogens (tertiary/aromatic N) is 1. The van der Waals surface area contributed by atoms with Crippen molar-refractivity contribution in [3.63, 3.8) is 0 Å². The van der Waals surface area contributed by atoms with E-state index in [4.69, 9.17) is 13.8 Å². The lowest BCUT2D eigenvalue weighted by molar-refractivity contribution is -0.870. The number of ether oxygens (including phenoxy) is 1. The number of hydrogen-bond acceptors (Lipinski definition) is 6. The number of phosphoric ester groups is 1. The molecule has 0 aliphatic rings. The molecule has 1 amide bonds. The van der Waals surface area contributed by atoms with Crippen LogP contribution >= 0.6 is 7.82 Å². The Bertz CT molecular complexity index is 1590. The van der Waals surface area contributed by atoms with Crippen molar-refractivity contribution in [1.29, 1.82) is 0 Å². The van der Waals surface area contributed by atoms with Crippen LogP contribution in [0.3, 0.4) is 0 Å². The number of unbranched alkanes of at least 4 members (excludes halogenated alkanes) is 40. The Morgan fingerprint density at radius 2 is 0.744 bits per heavy atom. The molecule has 0 saturated heterocycles. The van der Waals surface area contributed by atoms with Crippen molar-refractivity contribution in [2.24, 2.45) is 0 Å². The van der Waals surface area contributed by atoms with Gasteiger partial charge in [0.2, 0.25) is 5.91 Å². The van der Waals surface area contributed by atoms with Crippen molar-refractivity contribution in [2.45, 2.75) is 348 Å². The Balaban J connectivity index is 5.09. The molecule has 0 aromatic carbocycles. The van der Waals surface area contributed by atoms with Crippen LogP contribution in [0, 0.1) is 0 Å². The number of quaternary nitrogens is 1. The number of phosphoric acid groups is 1. The fraction of sp³-hybridized carbons (Fsp3) is 0.833. The summed E-state index contributed by atoms with van der Waals surface area (Å²) in [4.78, 5) is 37.9. The van der Waals surface area contributed by atoms with Crippen molar-refractivity contribution in [2.75, 3.05) is 40.9 Å². The average molecular weight is 1170 g/mol. The number of rotatable bonds is 64. The van der Waals surface area contributed by atoms with Crippen molar-refractivity contribution >= 4 is 19.7 Å². The molecule has 0 rings (SSSR count). The van der Waals surface area contributed by atoms with Gasteiger partial charge in [-0.25, -0.2) is 4.57 Å². The standard InChI is InChI=1S/C72H135N2O7P/c1-7-10-13-16-19-22-25-28-30-32-34-35-36-37-38-39-41-43-45-47-50-53-56-59-62-65-72(76)81-70(63-60-57-54-51-48-27-24-21-18-15-12-9-3)69(68-80-82(77,78)79-67-66-74(4,5)6)73-71(75)64-61-58-55-52-49-46-44-42-40-33-31-29-26-23-20-17-14-11-8-2/h19,22,28,30,34-35,37-38,60,63,69-70H,7-18,20-21,23-27,29,31-33,36,39-59,61-62,64-68H2,1-6H3,(H-,73,75,77,78)/p+1/b22-19-,30-28-,35-34-,38-37-,63-60+. The van der Waals surface area contributed by atoms with Crippen LogP contribution < -0.4 is 5.32 Å². The maximum absolute atomic E-state index is 13.6. The third-order valence-electron chi connectivity index (χ3n) is 15.7. The molecule has 0 saturated carbocycles. The second-order valence-electron chi connectivity index (χ2n) is 25.1. The highest BCUT2D eigenvalue weighted by Gasteiger charge is 2.30. The van der Waals surface area contributed by atoms with Gasteiger partial charge in [-0.15, -0.1) is 0 Å². The van der Waals surface area contributed by atoms with Crippen LogP contribution in [-0.2, 0) is 27.9 Å². The number of amides is 1. The van der Waals surface area contributed by atoms with Crippen LogP contribution in [0.1, 0.15) is 335 Å². The molecule has 0 aliphatic carbocycles. The minimum Gasteiger partial charge on any atom is -0.456 e. The first kappa shape index (κ1) is 79.7. The maximum Gasteiger partial charge on any atom is 0.472 e. The van der Waals surface area contributed by atoms with Crippen molar-refractivity contribution < 1.29 is 37.3 Å². The Kier molecular flexibility index (Phi) is 60.1. The van der Waals surface area contributed by atoms with Gasteiger partial charge in [0.05, 0.1) is 33.8 Å². The lowest BCUT2D eigenvalue weighted by atomic mass is 10.0. The molecule has 0 spiro atoms. The van der Waals surface area contributed by atoms with E-state index >= 15 is 0 Å². The summed E-state index contributed by atoms with van der Waals surface area (Å²) >= 11 is 0. The van der Waals surface area contributed by atoms with E-state index in [2.05, 4.69) is 74.7 Å². The molecular formula is C72H136N2O7P+. The van der Waals surface area contributed by atoms with Crippen LogP contribution in [0.15, 0.2) is 60.8 Å². The van der Waals surface area contributed by atoms with E-state index in [9.17, 15) is 19.0 Å². The molecule has 3 atom stereocenters. The molecule has 0 bridgehead atoms. The average Bonchev–Trinajstić information content (AvgIpc) is 3.44. The van der Waals surface area contributed by atoms with Crippen LogP contribution in [0.25, 0.3) is 0 Å². The van der Waals surface area contributed by atoms with Gasteiger partial charge in [-0.3, -0.25) is 18.6 Å². The van der Waals surface area contributed by atoms with Crippen LogP contribution in [0.5, 0.6) is 0 Å². The van der Waals surface area contributed by atoms with Gasteiger partial charge in [0.1, 0.15) is 19.3 Å². The summed E-state index contributed by atoms with van der Waals surface area (Å²) < 4.78 is 30.8. The number of carbonyl (C=O) groups is 2. The summed E-state index contributed by atoms with van der Waals surface area (Å²) in [5.41, 5.74) is 0. The first-order valence-electron chi connectivity index (χ1n) is 35.1. The molecule has 82 heavy (non-hydrogen) atoms. The van der Waals surface area contributed by atoms with Gasteiger partial charge in [-0.2, -0.15) is 0 Å². The molecule has 0 fully saturated rings. The van der Waals surface area contributed by atoms with Crippen molar-refractivity contribution in [3.8, 4) is 0 Å². The van der Waals surface area contributed by atoms with E-state index in [-0.39, 0.29) is 31.5 Å². The minimum atomic E-state index is -4.45. The van der Waals surface area contributed by atoms with E-state index in [1.54, 1.807) is 0 Å². The number of esters is 1. The van der Waals surface area contributed by atoms with Crippen LogP contribution in [-0.4, -0.2) is 74.3 Å². The number of hydrogen-bond donors (Lipinski definition) is 2. The largest absolute Gasteiger partial charge is 0.472 e. The molecular weight excluding hydrogens is 1040 g/mol. The summed E-state index contributed by atoms with van der Waals surface area (Å²) in [7, 11) is 1.50. The lowest BCUT2D eigenvalue weighted by Crippen LogP contribution is -2.47. The highest BCUT2D eigenvalue weighted by atomic mass is 31.2. The highest BCUT2D eigenvalue weighted by molar-refractivity contribution is 7.47. The summed E-state index contributed by atoms with van der Waals surface area (Å²) in [6.45, 7) is 7.02. The fourth-order valence-corrected chi connectivity index (χ4v) is 11.0. The third-order valence-corrected chi connectivity index (χ3v) is 16.7. The molecule has 0 aromatic heterocycles. The number of carbonyl (C=O) groups excluding carboxylic acids is 2. The highest BCUT2D eigenvalue weighted by Crippen LogP contribution is 2.43. The Morgan fingerprint density at radius 1 is 0.427 bits per heavy atom. The summed E-state index contributed by atoms with van der Waals surface area (Å²) in [6, 6.07) is -0.850. The zero-order chi connectivity index (χ0) is 60.0. The van der Waals surface area contributed by atoms with Crippen molar-refractivity contribution in [1.82, 2.24) is 5.32 Å². The van der Waals surface area contributed by atoms with E-state index in [1.807, 2.05) is 33.3 Å².